The van der Waals surface area contributed by atoms with Crippen LogP contribution in [-0.4, -0.2) is 21.0 Å². The molecule has 0 bridgehead atoms. The van der Waals surface area contributed by atoms with Crippen molar-refractivity contribution in [1.82, 2.24) is 9.97 Å². The first-order valence-corrected chi connectivity index (χ1v) is 3.70. The van der Waals surface area contributed by atoms with Crippen molar-refractivity contribution in [3.8, 4) is 0 Å². The fraction of sp³-hybridized carbons (Fsp3) is 0.500. The van der Waals surface area contributed by atoms with Gasteiger partial charge in [-0.05, 0) is 20.8 Å². The Balaban J connectivity index is 3.05. The highest BCUT2D eigenvalue weighted by Crippen LogP contribution is 2.19. The first-order chi connectivity index (χ1) is 5.44. The van der Waals surface area contributed by atoms with E-state index in [2.05, 4.69) is 9.97 Å². The van der Waals surface area contributed by atoms with Gasteiger partial charge in [0, 0.05) is 11.9 Å². The van der Waals surface area contributed by atoms with E-state index >= 15 is 0 Å². The Hall–Kier alpha value is -1.32. The van der Waals surface area contributed by atoms with E-state index in [9.17, 15) is 4.79 Å². The van der Waals surface area contributed by atoms with Gasteiger partial charge in [0.15, 0.2) is 0 Å². The Labute approximate surface area is 70.6 Å². The number of aliphatic carboxylic acids is 1. The van der Waals surface area contributed by atoms with Gasteiger partial charge in [-0.25, -0.2) is 4.98 Å². The smallest absolute Gasteiger partial charge is 0.316 e. The van der Waals surface area contributed by atoms with Crippen LogP contribution < -0.4 is 0 Å². The number of H-pyrrole nitrogens is 1. The average Bonchev–Trinajstić information content (AvgIpc) is 2.35. The molecule has 66 valence electrons. The number of aryl methyl sites for hydroxylation is 1. The molecule has 0 radical (unpaired) electrons. The van der Waals surface area contributed by atoms with Crippen LogP contribution in [0.25, 0.3) is 0 Å². The molecule has 12 heavy (non-hydrogen) atoms. The molecule has 0 fully saturated rings. The van der Waals surface area contributed by atoms with Gasteiger partial charge in [0.1, 0.15) is 11.2 Å². The summed E-state index contributed by atoms with van der Waals surface area (Å²) in [6.07, 6.45) is 1.63. The van der Waals surface area contributed by atoms with Crippen LogP contribution in [0.5, 0.6) is 0 Å². The van der Waals surface area contributed by atoms with Crippen molar-refractivity contribution in [1.29, 1.82) is 0 Å². The molecular formula is C8H12N2O2. The molecule has 4 heteroatoms. The van der Waals surface area contributed by atoms with Crippen LogP contribution in [0.2, 0.25) is 0 Å². The van der Waals surface area contributed by atoms with Gasteiger partial charge in [-0.1, -0.05) is 0 Å². The maximum Gasteiger partial charge on any atom is 0.316 e. The minimum Gasteiger partial charge on any atom is -0.481 e. The summed E-state index contributed by atoms with van der Waals surface area (Å²) in [5.74, 6) is -0.385. The molecule has 0 aliphatic rings. The fourth-order valence-electron chi connectivity index (χ4n) is 0.832. The highest BCUT2D eigenvalue weighted by Gasteiger charge is 2.32. The minimum atomic E-state index is -0.936. The van der Waals surface area contributed by atoms with Crippen LogP contribution in [-0.2, 0) is 10.2 Å². The second kappa shape index (κ2) is 2.62. The van der Waals surface area contributed by atoms with Gasteiger partial charge in [-0.2, -0.15) is 0 Å². The molecule has 0 aliphatic heterocycles. The third kappa shape index (κ3) is 1.32. The SMILES string of the molecule is Cc1cnc(C(C)(C)C(=O)O)[nH]1. The average molecular weight is 168 g/mol. The standard InChI is InChI=1S/C8H12N2O2/c1-5-4-9-6(10-5)8(2,3)7(11)12/h4H,1-3H3,(H,9,10)(H,11,12). The van der Waals surface area contributed by atoms with Gasteiger partial charge in [-0.15, -0.1) is 0 Å². The molecule has 0 atom stereocenters. The molecule has 0 aromatic carbocycles. The third-order valence-electron chi connectivity index (χ3n) is 1.83. The number of aromatic amines is 1. The Bertz CT molecular complexity index is 302. The molecule has 0 aliphatic carbocycles. The number of hydrogen-bond acceptors (Lipinski definition) is 2. The second-order valence-electron chi connectivity index (χ2n) is 3.34. The molecule has 1 aromatic rings. The molecule has 1 aromatic heterocycles. The van der Waals surface area contributed by atoms with Crippen molar-refractivity contribution >= 4 is 5.97 Å². The Morgan fingerprint density at radius 1 is 1.67 bits per heavy atom. The summed E-state index contributed by atoms with van der Waals surface area (Å²) in [5.41, 5.74) is -0.0619. The number of carboxylic acid groups (broad SMARTS) is 1. The second-order valence-corrected chi connectivity index (χ2v) is 3.34. The topological polar surface area (TPSA) is 66.0 Å². The minimum absolute atomic E-state index is 0.493. The molecule has 0 unspecified atom stereocenters. The van der Waals surface area contributed by atoms with Crippen LogP contribution in [0.4, 0.5) is 0 Å². The number of aromatic nitrogens is 2. The zero-order valence-corrected chi connectivity index (χ0v) is 7.38. The van der Waals surface area contributed by atoms with E-state index < -0.39 is 11.4 Å². The lowest BCUT2D eigenvalue weighted by Gasteiger charge is -2.15. The molecule has 0 saturated heterocycles. The van der Waals surface area contributed by atoms with Crippen LogP contribution in [0.15, 0.2) is 6.20 Å². The lowest BCUT2D eigenvalue weighted by molar-refractivity contribution is -0.142. The summed E-state index contributed by atoms with van der Waals surface area (Å²) >= 11 is 0. The normalized spacial score (nSPS) is 11.6. The molecule has 0 spiro atoms. The van der Waals surface area contributed by atoms with Crippen molar-refractivity contribution < 1.29 is 9.90 Å². The summed E-state index contributed by atoms with van der Waals surface area (Å²) < 4.78 is 0. The molecular weight excluding hydrogens is 156 g/mol. The highest BCUT2D eigenvalue weighted by molar-refractivity contribution is 5.78. The maximum atomic E-state index is 10.8. The number of rotatable bonds is 2. The van der Waals surface area contributed by atoms with Gasteiger partial charge in [-0.3, -0.25) is 4.79 Å². The summed E-state index contributed by atoms with van der Waals surface area (Å²) in [6, 6.07) is 0. The Morgan fingerprint density at radius 2 is 2.25 bits per heavy atom. The third-order valence-corrected chi connectivity index (χ3v) is 1.83. The van der Waals surface area contributed by atoms with E-state index in [0.29, 0.717) is 5.82 Å². The van der Waals surface area contributed by atoms with Gasteiger partial charge >= 0.3 is 5.97 Å². The lowest BCUT2D eigenvalue weighted by atomic mass is 9.93. The largest absolute Gasteiger partial charge is 0.481 e. The van der Waals surface area contributed by atoms with E-state index in [-0.39, 0.29) is 0 Å². The quantitative estimate of drug-likeness (QED) is 0.694. The molecule has 4 nitrogen and oxygen atoms in total. The summed E-state index contributed by atoms with van der Waals surface area (Å²) in [6.45, 7) is 5.08. The predicted molar refractivity (Wildman–Crippen MR) is 44.0 cm³/mol. The molecule has 1 rings (SSSR count). The van der Waals surface area contributed by atoms with E-state index in [1.165, 1.54) is 0 Å². The van der Waals surface area contributed by atoms with Crippen LogP contribution >= 0.6 is 0 Å². The predicted octanol–water partition coefficient (Wildman–Crippen LogP) is 1.08. The zero-order valence-electron chi connectivity index (χ0n) is 7.38. The number of carboxylic acids is 1. The number of carbonyl (C=O) groups is 1. The van der Waals surface area contributed by atoms with Gasteiger partial charge in [0.25, 0.3) is 0 Å². The summed E-state index contributed by atoms with van der Waals surface area (Å²) in [5, 5.41) is 8.84. The first kappa shape index (κ1) is 8.77. The van der Waals surface area contributed by atoms with Crippen LogP contribution in [0.3, 0.4) is 0 Å². The monoisotopic (exact) mass is 168 g/mol. The summed E-state index contributed by atoms with van der Waals surface area (Å²) in [7, 11) is 0. The maximum absolute atomic E-state index is 10.8. The number of hydrogen-bond donors (Lipinski definition) is 2. The number of nitrogens with zero attached hydrogens (tertiary/aromatic N) is 1. The number of imidazole rings is 1. The van der Waals surface area contributed by atoms with Crippen molar-refractivity contribution in [2.24, 2.45) is 0 Å². The molecule has 1 heterocycles. The molecule has 0 amide bonds. The van der Waals surface area contributed by atoms with E-state index in [1.54, 1.807) is 20.0 Å². The first-order valence-electron chi connectivity index (χ1n) is 3.70. The molecule has 0 saturated carbocycles. The van der Waals surface area contributed by atoms with Gasteiger partial charge < -0.3 is 10.1 Å². The number of nitrogens with one attached hydrogen (secondary N) is 1. The molecule has 2 N–H and O–H groups in total. The van der Waals surface area contributed by atoms with E-state index in [0.717, 1.165) is 5.69 Å². The van der Waals surface area contributed by atoms with Crippen molar-refractivity contribution in [3.63, 3.8) is 0 Å². The van der Waals surface area contributed by atoms with Crippen LogP contribution in [0.1, 0.15) is 25.4 Å². The summed E-state index contributed by atoms with van der Waals surface area (Å²) in [4.78, 5) is 17.6. The van der Waals surface area contributed by atoms with Crippen molar-refractivity contribution in [2.45, 2.75) is 26.2 Å². The Morgan fingerprint density at radius 3 is 2.58 bits per heavy atom. The van der Waals surface area contributed by atoms with E-state index in [4.69, 9.17) is 5.11 Å². The zero-order chi connectivity index (χ0) is 9.35. The fourth-order valence-corrected chi connectivity index (χ4v) is 0.832. The van der Waals surface area contributed by atoms with Crippen molar-refractivity contribution in [3.05, 3.63) is 17.7 Å². The highest BCUT2D eigenvalue weighted by atomic mass is 16.4. The van der Waals surface area contributed by atoms with E-state index in [1.807, 2.05) is 6.92 Å². The van der Waals surface area contributed by atoms with Crippen molar-refractivity contribution in [2.75, 3.05) is 0 Å². The Kier molecular flexibility index (Phi) is 1.92. The lowest BCUT2D eigenvalue weighted by Crippen LogP contribution is -2.29. The van der Waals surface area contributed by atoms with Gasteiger partial charge in [0.05, 0.1) is 0 Å². The van der Waals surface area contributed by atoms with Crippen LogP contribution in [0, 0.1) is 6.92 Å². The van der Waals surface area contributed by atoms with Gasteiger partial charge in [0.2, 0.25) is 0 Å².